The van der Waals surface area contributed by atoms with Crippen LogP contribution < -0.4 is 10.3 Å². The maximum Gasteiger partial charge on any atom is 0.265 e. The first kappa shape index (κ1) is 19.4. The fourth-order valence-corrected chi connectivity index (χ4v) is 3.88. The monoisotopic (exact) mass is 415 g/mol. The van der Waals surface area contributed by atoms with Crippen LogP contribution in [0.3, 0.4) is 0 Å². The lowest BCUT2D eigenvalue weighted by Crippen LogP contribution is -2.20. The van der Waals surface area contributed by atoms with Gasteiger partial charge in [0.05, 0.1) is 23.4 Å². The zero-order valence-electron chi connectivity index (χ0n) is 16.1. The van der Waals surface area contributed by atoms with Crippen molar-refractivity contribution >= 4 is 33.3 Å². The van der Waals surface area contributed by atoms with Crippen LogP contribution in [0.5, 0.6) is 11.6 Å². The highest BCUT2D eigenvalue weighted by molar-refractivity contribution is 7.14. The molecule has 1 N–H and O–H groups in total. The van der Waals surface area contributed by atoms with Crippen molar-refractivity contribution in [3.63, 3.8) is 0 Å². The quantitative estimate of drug-likeness (QED) is 0.475. The van der Waals surface area contributed by atoms with Crippen molar-refractivity contribution in [2.75, 3.05) is 6.61 Å². The number of aromatic nitrogens is 1. The summed E-state index contributed by atoms with van der Waals surface area (Å²) in [5, 5.41) is 23.6. The maximum absolute atomic E-state index is 13.1. The van der Waals surface area contributed by atoms with E-state index in [0.717, 1.165) is 0 Å². The maximum atomic E-state index is 13.1. The summed E-state index contributed by atoms with van der Waals surface area (Å²) in [5.41, 5.74) is 1.03. The second-order valence-electron chi connectivity index (χ2n) is 6.36. The zero-order chi connectivity index (χ0) is 21.1. The van der Waals surface area contributed by atoms with Gasteiger partial charge in [-0.3, -0.25) is 4.79 Å². The van der Waals surface area contributed by atoms with E-state index in [-0.39, 0.29) is 11.4 Å². The molecule has 2 aromatic carbocycles. The SMILES string of the molecule is CCOc1ccc(-n2c(O)c(/C=N/c3sccc3C#N)c3ccccc3c2=O)cc1. The number of rotatable bonds is 5. The second kappa shape index (κ2) is 8.23. The molecule has 0 saturated carbocycles. The molecule has 0 radical (unpaired) electrons. The number of ether oxygens (including phenoxy) is 1. The molecule has 2 aromatic heterocycles. The van der Waals surface area contributed by atoms with Crippen molar-refractivity contribution in [2.24, 2.45) is 4.99 Å². The molecule has 4 aromatic rings. The van der Waals surface area contributed by atoms with E-state index in [0.29, 0.717) is 44.9 Å². The third-order valence-electron chi connectivity index (χ3n) is 4.59. The summed E-state index contributed by atoms with van der Waals surface area (Å²) in [5.74, 6) is 0.458. The fraction of sp³-hybridized carbons (Fsp3) is 0.0870. The van der Waals surface area contributed by atoms with Gasteiger partial charge in [-0.2, -0.15) is 5.26 Å². The van der Waals surface area contributed by atoms with E-state index in [1.165, 1.54) is 22.1 Å². The van der Waals surface area contributed by atoms with Gasteiger partial charge in [0.2, 0.25) is 5.88 Å². The normalized spacial score (nSPS) is 11.1. The summed E-state index contributed by atoms with van der Waals surface area (Å²) in [6.07, 6.45) is 1.49. The third kappa shape index (κ3) is 3.45. The van der Waals surface area contributed by atoms with Gasteiger partial charge in [0.1, 0.15) is 16.8 Å². The lowest BCUT2D eigenvalue weighted by Gasteiger charge is -2.14. The van der Waals surface area contributed by atoms with Gasteiger partial charge in [-0.1, -0.05) is 18.2 Å². The Labute approximate surface area is 176 Å². The number of hydrogen-bond donors (Lipinski definition) is 1. The molecule has 148 valence electrons. The Morgan fingerprint density at radius 3 is 2.60 bits per heavy atom. The molecule has 0 aliphatic carbocycles. The van der Waals surface area contributed by atoms with Crippen molar-refractivity contribution in [1.29, 1.82) is 5.26 Å². The predicted molar refractivity (Wildman–Crippen MR) is 119 cm³/mol. The van der Waals surface area contributed by atoms with Crippen LogP contribution in [0, 0.1) is 11.3 Å². The number of nitriles is 1. The molecule has 7 heteroatoms. The Hall–Kier alpha value is -3.89. The molecule has 0 aliphatic rings. The molecule has 6 nitrogen and oxygen atoms in total. The van der Waals surface area contributed by atoms with Crippen molar-refractivity contribution in [3.8, 4) is 23.4 Å². The van der Waals surface area contributed by atoms with Crippen LogP contribution in [-0.4, -0.2) is 22.5 Å². The summed E-state index contributed by atoms with van der Waals surface area (Å²) >= 11 is 1.33. The molecule has 0 amide bonds. The third-order valence-corrected chi connectivity index (χ3v) is 5.41. The molecule has 0 aliphatic heterocycles. The predicted octanol–water partition coefficient (Wildman–Crippen LogP) is 4.78. The highest BCUT2D eigenvalue weighted by atomic mass is 32.1. The number of nitrogens with zero attached hydrogens (tertiary/aromatic N) is 3. The van der Waals surface area contributed by atoms with E-state index in [4.69, 9.17) is 4.74 Å². The van der Waals surface area contributed by atoms with Gasteiger partial charge in [-0.05, 0) is 48.7 Å². The highest BCUT2D eigenvalue weighted by Crippen LogP contribution is 2.29. The van der Waals surface area contributed by atoms with Gasteiger partial charge in [0.25, 0.3) is 5.56 Å². The summed E-state index contributed by atoms with van der Waals surface area (Å²) in [4.78, 5) is 17.5. The average molecular weight is 415 g/mol. The highest BCUT2D eigenvalue weighted by Gasteiger charge is 2.16. The number of aromatic hydroxyl groups is 1. The van der Waals surface area contributed by atoms with Crippen molar-refractivity contribution in [3.05, 3.63) is 81.5 Å². The minimum atomic E-state index is -0.335. The van der Waals surface area contributed by atoms with Gasteiger partial charge in [-0.15, -0.1) is 11.3 Å². The van der Waals surface area contributed by atoms with Crippen LogP contribution >= 0.6 is 11.3 Å². The topological polar surface area (TPSA) is 87.6 Å². The number of hydrogen-bond acceptors (Lipinski definition) is 6. The van der Waals surface area contributed by atoms with Crippen LogP contribution in [0.25, 0.3) is 16.5 Å². The average Bonchev–Trinajstić information content (AvgIpc) is 3.23. The largest absolute Gasteiger partial charge is 0.494 e. The Morgan fingerprint density at radius 2 is 1.90 bits per heavy atom. The van der Waals surface area contributed by atoms with Gasteiger partial charge >= 0.3 is 0 Å². The molecule has 0 saturated heterocycles. The summed E-state index contributed by atoms with van der Waals surface area (Å²) in [6, 6.07) is 17.8. The van der Waals surface area contributed by atoms with E-state index >= 15 is 0 Å². The van der Waals surface area contributed by atoms with E-state index < -0.39 is 0 Å². The fourth-order valence-electron chi connectivity index (χ4n) is 3.20. The first-order valence-corrected chi connectivity index (χ1v) is 10.1. The Kier molecular flexibility index (Phi) is 5.33. The number of aliphatic imine (C=N–C) groups is 1. The lowest BCUT2D eigenvalue weighted by atomic mass is 10.1. The number of fused-ring (bicyclic) bond motifs is 1. The number of benzene rings is 2. The van der Waals surface area contributed by atoms with Crippen LogP contribution in [0.4, 0.5) is 5.00 Å². The molecule has 0 atom stereocenters. The van der Waals surface area contributed by atoms with Crippen LogP contribution in [-0.2, 0) is 0 Å². The van der Waals surface area contributed by atoms with Gasteiger partial charge < -0.3 is 9.84 Å². The molecule has 30 heavy (non-hydrogen) atoms. The Balaban J connectivity index is 1.92. The summed E-state index contributed by atoms with van der Waals surface area (Å²) < 4.78 is 6.71. The molecule has 4 rings (SSSR count). The molecule has 2 heterocycles. The zero-order valence-corrected chi connectivity index (χ0v) is 16.9. The van der Waals surface area contributed by atoms with Gasteiger partial charge in [-0.25, -0.2) is 9.56 Å². The summed E-state index contributed by atoms with van der Waals surface area (Å²) in [6.45, 7) is 2.43. The molecule has 0 bridgehead atoms. The Bertz CT molecular complexity index is 1350. The molecular formula is C23H17N3O3S. The van der Waals surface area contributed by atoms with Crippen molar-refractivity contribution < 1.29 is 9.84 Å². The minimum absolute atomic E-state index is 0.221. The van der Waals surface area contributed by atoms with E-state index in [1.807, 2.05) is 6.92 Å². The standard InChI is InChI=1S/C23H17N3O3S/c1-2-29-17-9-7-16(8-10-17)26-22(27)19-6-4-3-5-18(19)20(23(26)28)14-25-21-15(13-24)11-12-30-21/h3-12,14,28H,2H2,1H3/b25-14+. The minimum Gasteiger partial charge on any atom is -0.494 e. The first-order valence-electron chi connectivity index (χ1n) is 9.25. The van der Waals surface area contributed by atoms with Crippen molar-refractivity contribution in [2.45, 2.75) is 6.92 Å². The van der Waals surface area contributed by atoms with Crippen molar-refractivity contribution in [1.82, 2.24) is 4.57 Å². The molecule has 0 fully saturated rings. The molecule has 0 unspecified atom stereocenters. The van der Waals surface area contributed by atoms with Crippen LogP contribution in [0.2, 0.25) is 0 Å². The molecular weight excluding hydrogens is 398 g/mol. The van der Waals surface area contributed by atoms with Gasteiger partial charge in [0.15, 0.2) is 0 Å². The van der Waals surface area contributed by atoms with E-state index in [9.17, 15) is 15.2 Å². The van der Waals surface area contributed by atoms with Gasteiger partial charge in [0, 0.05) is 17.0 Å². The van der Waals surface area contributed by atoms with E-state index in [2.05, 4.69) is 11.1 Å². The van der Waals surface area contributed by atoms with Crippen LogP contribution in [0.15, 0.2) is 69.8 Å². The lowest BCUT2D eigenvalue weighted by molar-refractivity contribution is 0.340. The second-order valence-corrected chi connectivity index (χ2v) is 7.25. The smallest absolute Gasteiger partial charge is 0.265 e. The van der Waals surface area contributed by atoms with Crippen LogP contribution in [0.1, 0.15) is 18.1 Å². The molecule has 0 spiro atoms. The number of thiophene rings is 1. The number of pyridine rings is 1. The summed E-state index contributed by atoms with van der Waals surface area (Å²) in [7, 11) is 0. The van der Waals surface area contributed by atoms with E-state index in [1.54, 1.807) is 60.0 Å². The Morgan fingerprint density at radius 1 is 1.17 bits per heavy atom. The first-order chi connectivity index (χ1) is 14.6.